The van der Waals surface area contributed by atoms with E-state index in [0.717, 1.165) is 37.5 Å². The number of hydrogen-bond donors (Lipinski definition) is 1. The average molecular weight is 508 g/mol. The lowest BCUT2D eigenvalue weighted by Crippen LogP contribution is -2.43. The number of allylic oxidation sites excluding steroid dienone is 1. The van der Waals surface area contributed by atoms with Gasteiger partial charge in [0.2, 0.25) is 11.8 Å². The molecule has 0 aliphatic carbocycles. The summed E-state index contributed by atoms with van der Waals surface area (Å²) in [6.07, 6.45) is 3.85. The van der Waals surface area contributed by atoms with Gasteiger partial charge in [0.25, 0.3) is 0 Å². The monoisotopic (exact) mass is 507 g/mol. The van der Waals surface area contributed by atoms with Gasteiger partial charge < -0.3 is 15.1 Å². The predicted octanol–water partition coefficient (Wildman–Crippen LogP) is 3.64. The fourth-order valence-corrected chi connectivity index (χ4v) is 5.20. The zero-order chi connectivity index (χ0) is 26.6. The van der Waals surface area contributed by atoms with E-state index in [1.54, 1.807) is 20.2 Å². The molecule has 0 radical (unpaired) electrons. The minimum atomic E-state index is -1.01. The van der Waals surface area contributed by atoms with Crippen LogP contribution in [0.4, 0.5) is 8.78 Å². The molecular formula is C28H31F2N5O2. The van der Waals surface area contributed by atoms with E-state index in [1.165, 1.54) is 11.0 Å². The number of nitrogens with one attached hydrogen (secondary N) is 1. The van der Waals surface area contributed by atoms with Crippen LogP contribution in [0, 0.1) is 23.0 Å². The number of nitrogens with zero attached hydrogens (tertiary/aromatic N) is 4. The Balaban J connectivity index is 1.34. The second-order valence-electron chi connectivity index (χ2n) is 9.74. The molecule has 1 unspecified atom stereocenters. The normalized spacial score (nSPS) is 20.0. The van der Waals surface area contributed by atoms with Crippen LogP contribution in [0.5, 0.6) is 0 Å². The Morgan fingerprint density at radius 3 is 2.62 bits per heavy atom. The Morgan fingerprint density at radius 1 is 1.22 bits per heavy atom. The molecular weight excluding hydrogens is 476 g/mol. The molecule has 2 aromatic rings. The van der Waals surface area contributed by atoms with Crippen LogP contribution in [-0.2, 0) is 15.0 Å². The van der Waals surface area contributed by atoms with Crippen molar-refractivity contribution in [3.05, 3.63) is 76.8 Å². The van der Waals surface area contributed by atoms with Crippen molar-refractivity contribution in [3.8, 4) is 6.07 Å². The van der Waals surface area contributed by atoms with E-state index in [1.807, 2.05) is 18.2 Å². The Kier molecular flexibility index (Phi) is 7.98. The van der Waals surface area contributed by atoms with Crippen molar-refractivity contribution in [2.45, 2.75) is 43.9 Å². The summed E-state index contributed by atoms with van der Waals surface area (Å²) in [5.74, 6) is -3.13. The zero-order valence-corrected chi connectivity index (χ0v) is 21.1. The predicted molar refractivity (Wildman–Crippen MR) is 134 cm³/mol. The van der Waals surface area contributed by atoms with Crippen LogP contribution >= 0.6 is 0 Å². The van der Waals surface area contributed by atoms with E-state index >= 15 is 0 Å². The first-order valence-corrected chi connectivity index (χ1v) is 12.5. The van der Waals surface area contributed by atoms with E-state index in [2.05, 4.69) is 21.3 Å². The minimum Gasteiger partial charge on any atom is -0.352 e. The molecule has 9 heteroatoms. The number of aromatic nitrogens is 1. The SMILES string of the molecule is CC1=C(C(=O)NCCCN2CCC(C#N)(c3ccccn3)CC2)C(c2ccc(F)c(F)c2)CC(=O)N1C. The Labute approximate surface area is 215 Å². The van der Waals surface area contributed by atoms with E-state index in [9.17, 15) is 23.6 Å². The molecule has 2 aliphatic rings. The molecule has 4 rings (SSSR count). The highest BCUT2D eigenvalue weighted by Crippen LogP contribution is 2.36. The molecule has 3 heterocycles. The number of rotatable bonds is 7. The lowest BCUT2D eigenvalue weighted by atomic mass is 9.76. The van der Waals surface area contributed by atoms with Gasteiger partial charge in [0.1, 0.15) is 5.41 Å². The van der Waals surface area contributed by atoms with Gasteiger partial charge in [0.15, 0.2) is 11.6 Å². The first-order chi connectivity index (χ1) is 17.8. The number of pyridine rings is 1. The molecule has 0 bridgehead atoms. The van der Waals surface area contributed by atoms with Gasteiger partial charge in [-0.1, -0.05) is 12.1 Å². The highest BCUT2D eigenvalue weighted by molar-refractivity contribution is 5.99. The number of carbonyl (C=O) groups is 2. The summed E-state index contributed by atoms with van der Waals surface area (Å²) in [5, 5.41) is 12.8. The minimum absolute atomic E-state index is 0.00631. The van der Waals surface area contributed by atoms with Crippen molar-refractivity contribution in [1.82, 2.24) is 20.1 Å². The maximum Gasteiger partial charge on any atom is 0.249 e. The number of amides is 2. The van der Waals surface area contributed by atoms with Gasteiger partial charge in [-0.05, 0) is 62.6 Å². The summed E-state index contributed by atoms with van der Waals surface area (Å²) >= 11 is 0. The van der Waals surface area contributed by atoms with Crippen molar-refractivity contribution < 1.29 is 18.4 Å². The van der Waals surface area contributed by atoms with E-state index in [4.69, 9.17) is 0 Å². The van der Waals surface area contributed by atoms with Crippen molar-refractivity contribution >= 4 is 11.8 Å². The molecule has 37 heavy (non-hydrogen) atoms. The summed E-state index contributed by atoms with van der Waals surface area (Å²) in [5.41, 5.74) is 1.55. The van der Waals surface area contributed by atoms with Gasteiger partial charge in [-0.2, -0.15) is 5.26 Å². The lowest BCUT2D eigenvalue weighted by Gasteiger charge is -2.37. The number of likely N-dealkylation sites (tertiary alicyclic amines) is 1. The van der Waals surface area contributed by atoms with Crippen LogP contribution in [-0.4, -0.2) is 59.8 Å². The van der Waals surface area contributed by atoms with Crippen LogP contribution in [0.1, 0.15) is 49.8 Å². The van der Waals surface area contributed by atoms with Gasteiger partial charge in [-0.3, -0.25) is 14.6 Å². The highest BCUT2D eigenvalue weighted by atomic mass is 19.2. The maximum absolute atomic E-state index is 13.9. The highest BCUT2D eigenvalue weighted by Gasteiger charge is 2.38. The first kappa shape index (κ1) is 26.4. The van der Waals surface area contributed by atoms with E-state index in [-0.39, 0.29) is 18.2 Å². The zero-order valence-electron chi connectivity index (χ0n) is 21.1. The summed E-state index contributed by atoms with van der Waals surface area (Å²) in [6.45, 7) is 4.43. The summed E-state index contributed by atoms with van der Waals surface area (Å²) in [4.78, 5) is 33.8. The Bertz CT molecular complexity index is 1230. The first-order valence-electron chi connectivity index (χ1n) is 12.5. The number of halogens is 2. The number of piperidine rings is 1. The lowest BCUT2D eigenvalue weighted by molar-refractivity contribution is -0.129. The fraction of sp³-hybridized carbons (Fsp3) is 0.429. The van der Waals surface area contributed by atoms with Gasteiger partial charge in [-0.25, -0.2) is 8.78 Å². The van der Waals surface area contributed by atoms with Crippen molar-refractivity contribution in [1.29, 1.82) is 5.26 Å². The molecule has 194 valence electrons. The summed E-state index contributed by atoms with van der Waals surface area (Å²) < 4.78 is 27.4. The molecule has 0 saturated carbocycles. The standard InChI is InChI=1S/C28H31F2N5O2/c1-19-26(21(17-25(36)34(19)2)20-7-8-22(29)23(30)16-20)27(37)33-12-5-13-35-14-9-28(18-31,10-15-35)24-6-3-4-11-32-24/h3-4,6-8,11,16,21H,5,9-10,12-15,17H2,1-2H3,(H,33,37). The molecule has 7 nitrogen and oxygen atoms in total. The Morgan fingerprint density at radius 2 is 1.97 bits per heavy atom. The quantitative estimate of drug-likeness (QED) is 0.578. The summed E-state index contributed by atoms with van der Waals surface area (Å²) in [6, 6.07) is 11.6. The molecule has 0 spiro atoms. The second kappa shape index (κ2) is 11.2. The summed E-state index contributed by atoms with van der Waals surface area (Å²) in [7, 11) is 1.61. The second-order valence-corrected chi connectivity index (χ2v) is 9.74. The van der Waals surface area contributed by atoms with E-state index < -0.39 is 23.0 Å². The molecule has 2 aliphatic heterocycles. The van der Waals surface area contributed by atoms with Crippen molar-refractivity contribution in [3.63, 3.8) is 0 Å². The largest absolute Gasteiger partial charge is 0.352 e. The molecule has 1 aromatic carbocycles. The molecule has 1 atom stereocenters. The third-order valence-corrected chi connectivity index (χ3v) is 7.60. The fourth-order valence-electron chi connectivity index (χ4n) is 5.20. The van der Waals surface area contributed by atoms with Crippen LogP contribution in [0.2, 0.25) is 0 Å². The molecule has 1 saturated heterocycles. The van der Waals surface area contributed by atoms with Crippen molar-refractivity contribution in [2.24, 2.45) is 0 Å². The third kappa shape index (κ3) is 5.54. The van der Waals surface area contributed by atoms with Gasteiger partial charge in [0, 0.05) is 56.5 Å². The van der Waals surface area contributed by atoms with Gasteiger partial charge in [-0.15, -0.1) is 0 Å². The Hall–Kier alpha value is -3.64. The topological polar surface area (TPSA) is 89.3 Å². The number of nitriles is 1. The molecule has 1 N–H and O–H groups in total. The van der Waals surface area contributed by atoms with Crippen LogP contribution < -0.4 is 5.32 Å². The molecule has 1 fully saturated rings. The number of carbonyl (C=O) groups excluding carboxylic acids is 2. The van der Waals surface area contributed by atoms with E-state index in [0.29, 0.717) is 42.6 Å². The van der Waals surface area contributed by atoms with Gasteiger partial charge >= 0.3 is 0 Å². The third-order valence-electron chi connectivity index (χ3n) is 7.60. The van der Waals surface area contributed by atoms with Crippen LogP contribution in [0.3, 0.4) is 0 Å². The van der Waals surface area contributed by atoms with Crippen LogP contribution in [0.25, 0.3) is 0 Å². The molecule has 2 amide bonds. The van der Waals surface area contributed by atoms with Gasteiger partial charge in [0.05, 0.1) is 11.8 Å². The number of hydrogen-bond acceptors (Lipinski definition) is 5. The smallest absolute Gasteiger partial charge is 0.249 e. The van der Waals surface area contributed by atoms with Crippen molar-refractivity contribution in [2.75, 3.05) is 33.2 Å². The molecule has 1 aromatic heterocycles. The van der Waals surface area contributed by atoms with Crippen LogP contribution in [0.15, 0.2) is 53.9 Å². The average Bonchev–Trinajstić information content (AvgIpc) is 2.92. The number of benzene rings is 1. The maximum atomic E-state index is 13.9.